The Labute approximate surface area is 134 Å². The molecule has 1 aliphatic rings. The topological polar surface area (TPSA) is 46.3 Å². The molecule has 1 amide bonds. The number of fused-ring (bicyclic) bond motifs is 1. The van der Waals surface area contributed by atoms with Crippen molar-refractivity contribution >= 4 is 45.0 Å². The smallest absolute Gasteiger partial charge is 0.259 e. The third-order valence-electron chi connectivity index (χ3n) is 3.27. The summed E-state index contributed by atoms with van der Waals surface area (Å²) in [6.07, 6.45) is 0. The Kier molecular flexibility index (Phi) is 3.91. The average molecular weight is 367 g/mol. The van der Waals surface area contributed by atoms with Gasteiger partial charge in [0, 0.05) is 22.9 Å². The molecular weight excluding hydrogens is 355 g/mol. The first-order valence-corrected chi connectivity index (χ1v) is 8.14. The van der Waals surface area contributed by atoms with Gasteiger partial charge in [-0.25, -0.2) is 4.39 Å². The Morgan fingerprint density at radius 3 is 2.95 bits per heavy atom. The van der Waals surface area contributed by atoms with Gasteiger partial charge in [-0.3, -0.25) is 4.79 Å². The van der Waals surface area contributed by atoms with Crippen molar-refractivity contribution < 1.29 is 9.18 Å². The number of carbonyl (C=O) groups excluding carboxylic acids is 1. The number of halogens is 2. The molecule has 0 fully saturated rings. The second-order valence-corrected chi connectivity index (χ2v) is 6.56. The van der Waals surface area contributed by atoms with Gasteiger partial charge in [0.15, 0.2) is 0 Å². The van der Waals surface area contributed by atoms with E-state index in [-0.39, 0.29) is 10.4 Å². The number of anilines is 2. The molecule has 108 valence electrons. The molecule has 21 heavy (non-hydrogen) atoms. The summed E-state index contributed by atoms with van der Waals surface area (Å²) < 4.78 is 13.8. The number of rotatable bonds is 1. The predicted octanol–water partition coefficient (Wildman–Crippen LogP) is 3.92. The zero-order valence-corrected chi connectivity index (χ0v) is 13.4. The summed E-state index contributed by atoms with van der Waals surface area (Å²) in [5.41, 5.74) is 7.52. The van der Waals surface area contributed by atoms with Crippen LogP contribution in [0.3, 0.4) is 0 Å². The maximum absolute atomic E-state index is 13.6. The summed E-state index contributed by atoms with van der Waals surface area (Å²) in [7, 11) is 0. The number of amides is 1. The first-order valence-electron chi connectivity index (χ1n) is 6.36. The molecule has 0 saturated carbocycles. The molecule has 0 radical (unpaired) electrons. The molecule has 1 aliphatic heterocycles. The van der Waals surface area contributed by atoms with Crippen LogP contribution in [-0.4, -0.2) is 18.2 Å². The van der Waals surface area contributed by atoms with Gasteiger partial charge in [-0.1, -0.05) is 6.07 Å². The first kappa shape index (κ1) is 14.4. The molecule has 3 rings (SSSR count). The van der Waals surface area contributed by atoms with Crippen LogP contribution in [0.2, 0.25) is 0 Å². The van der Waals surface area contributed by atoms with Gasteiger partial charge in [0.05, 0.1) is 15.7 Å². The van der Waals surface area contributed by atoms with Gasteiger partial charge >= 0.3 is 0 Å². The molecular formula is C15H12BrFN2OS. The van der Waals surface area contributed by atoms with Crippen LogP contribution < -0.4 is 10.6 Å². The van der Waals surface area contributed by atoms with Crippen LogP contribution in [0.1, 0.15) is 10.4 Å². The van der Waals surface area contributed by atoms with E-state index in [0.29, 0.717) is 17.8 Å². The fraction of sp³-hybridized carbons (Fsp3) is 0.133. The molecule has 0 bridgehead atoms. The van der Waals surface area contributed by atoms with Gasteiger partial charge in [0.2, 0.25) is 0 Å². The molecule has 0 aromatic heterocycles. The minimum Gasteiger partial charge on any atom is -0.399 e. The lowest BCUT2D eigenvalue weighted by Gasteiger charge is -2.29. The molecule has 0 aliphatic carbocycles. The number of nitrogens with zero attached hydrogens (tertiary/aromatic N) is 1. The van der Waals surface area contributed by atoms with Crippen molar-refractivity contribution in [3.63, 3.8) is 0 Å². The zero-order chi connectivity index (χ0) is 15.0. The highest BCUT2D eigenvalue weighted by atomic mass is 79.9. The van der Waals surface area contributed by atoms with Crippen molar-refractivity contribution in [3.8, 4) is 0 Å². The summed E-state index contributed by atoms with van der Waals surface area (Å²) >= 11 is 4.84. The number of hydrogen-bond donors (Lipinski definition) is 1. The minimum absolute atomic E-state index is 0.193. The van der Waals surface area contributed by atoms with E-state index in [1.807, 2.05) is 12.1 Å². The molecule has 2 aromatic rings. The standard InChI is InChI=1S/C15H12BrFN2OS/c16-14-10(2-1-3-11(14)17)15(20)19-6-7-21-13-5-4-9(18)8-12(13)19/h1-5,8H,6-7,18H2. The van der Waals surface area contributed by atoms with E-state index in [1.54, 1.807) is 28.8 Å². The van der Waals surface area contributed by atoms with Gasteiger partial charge in [-0.15, -0.1) is 11.8 Å². The molecule has 3 nitrogen and oxygen atoms in total. The summed E-state index contributed by atoms with van der Waals surface area (Å²) in [6, 6.07) is 9.98. The van der Waals surface area contributed by atoms with E-state index >= 15 is 0 Å². The van der Waals surface area contributed by atoms with Gasteiger partial charge in [-0.05, 0) is 46.3 Å². The Bertz CT molecular complexity index is 723. The normalized spacial score (nSPS) is 13.9. The van der Waals surface area contributed by atoms with Crippen LogP contribution in [0.5, 0.6) is 0 Å². The van der Waals surface area contributed by atoms with Crippen molar-refractivity contribution in [2.45, 2.75) is 4.90 Å². The maximum Gasteiger partial charge on any atom is 0.259 e. The van der Waals surface area contributed by atoms with Crippen LogP contribution in [0, 0.1) is 5.82 Å². The van der Waals surface area contributed by atoms with E-state index in [2.05, 4.69) is 15.9 Å². The van der Waals surface area contributed by atoms with E-state index in [9.17, 15) is 9.18 Å². The van der Waals surface area contributed by atoms with E-state index < -0.39 is 5.82 Å². The number of nitrogens with two attached hydrogens (primary N) is 1. The number of carbonyl (C=O) groups is 1. The second kappa shape index (κ2) is 5.69. The molecule has 2 N–H and O–H groups in total. The minimum atomic E-state index is -0.444. The van der Waals surface area contributed by atoms with E-state index in [0.717, 1.165) is 16.3 Å². The molecule has 1 heterocycles. The Hall–Kier alpha value is -1.53. The lowest BCUT2D eigenvalue weighted by Crippen LogP contribution is -2.35. The first-order chi connectivity index (χ1) is 10.1. The van der Waals surface area contributed by atoms with Crippen molar-refractivity contribution in [1.29, 1.82) is 0 Å². The Morgan fingerprint density at radius 2 is 2.14 bits per heavy atom. The molecule has 0 spiro atoms. The Balaban J connectivity index is 2.04. The lowest BCUT2D eigenvalue weighted by molar-refractivity contribution is 0.0986. The van der Waals surface area contributed by atoms with Crippen LogP contribution in [-0.2, 0) is 0 Å². The van der Waals surface area contributed by atoms with E-state index in [4.69, 9.17) is 5.73 Å². The van der Waals surface area contributed by atoms with Crippen LogP contribution >= 0.6 is 27.7 Å². The van der Waals surface area contributed by atoms with Gasteiger partial charge in [-0.2, -0.15) is 0 Å². The summed E-state index contributed by atoms with van der Waals surface area (Å²) in [5, 5.41) is 0. The molecule has 0 unspecified atom stereocenters. The number of hydrogen-bond acceptors (Lipinski definition) is 3. The molecule has 2 aromatic carbocycles. The van der Waals surface area contributed by atoms with Gasteiger partial charge in [0.25, 0.3) is 5.91 Å². The van der Waals surface area contributed by atoms with Crippen molar-refractivity contribution in [2.24, 2.45) is 0 Å². The third-order valence-corrected chi connectivity index (χ3v) is 5.12. The van der Waals surface area contributed by atoms with Crippen LogP contribution in [0.4, 0.5) is 15.8 Å². The summed E-state index contributed by atoms with van der Waals surface area (Å²) in [4.78, 5) is 15.4. The largest absolute Gasteiger partial charge is 0.399 e. The highest BCUT2D eigenvalue weighted by Gasteiger charge is 2.26. The van der Waals surface area contributed by atoms with Crippen LogP contribution in [0.25, 0.3) is 0 Å². The zero-order valence-electron chi connectivity index (χ0n) is 11.0. The molecule has 0 saturated heterocycles. The number of nitrogen functional groups attached to an aromatic ring is 1. The van der Waals surface area contributed by atoms with Crippen molar-refractivity contribution in [3.05, 3.63) is 52.3 Å². The van der Waals surface area contributed by atoms with E-state index in [1.165, 1.54) is 12.1 Å². The number of thioether (sulfide) groups is 1. The predicted molar refractivity (Wildman–Crippen MR) is 87.4 cm³/mol. The quantitative estimate of drug-likeness (QED) is 0.777. The third kappa shape index (κ3) is 2.65. The van der Waals surface area contributed by atoms with Gasteiger partial charge in [0.1, 0.15) is 5.82 Å². The monoisotopic (exact) mass is 366 g/mol. The van der Waals surface area contributed by atoms with Crippen molar-refractivity contribution in [2.75, 3.05) is 22.9 Å². The lowest BCUT2D eigenvalue weighted by atomic mass is 10.1. The Morgan fingerprint density at radius 1 is 1.33 bits per heavy atom. The maximum atomic E-state index is 13.6. The summed E-state index contributed by atoms with van der Waals surface area (Å²) in [6.45, 7) is 0.572. The highest BCUT2D eigenvalue weighted by Crippen LogP contribution is 2.37. The second-order valence-electron chi connectivity index (χ2n) is 4.63. The summed E-state index contributed by atoms with van der Waals surface area (Å²) in [5.74, 6) is 0.129. The number of benzene rings is 2. The molecule has 6 heteroatoms. The van der Waals surface area contributed by atoms with Crippen LogP contribution in [0.15, 0.2) is 45.8 Å². The molecule has 0 atom stereocenters. The SMILES string of the molecule is Nc1ccc2c(c1)N(C(=O)c1cccc(F)c1Br)CCS2. The average Bonchev–Trinajstić information content (AvgIpc) is 2.48. The van der Waals surface area contributed by atoms with Crippen molar-refractivity contribution in [1.82, 2.24) is 0 Å². The fourth-order valence-corrected chi connectivity index (χ4v) is 3.67. The highest BCUT2D eigenvalue weighted by molar-refractivity contribution is 9.10. The fourth-order valence-electron chi connectivity index (χ4n) is 2.26. The van der Waals surface area contributed by atoms with Gasteiger partial charge < -0.3 is 10.6 Å².